The highest BCUT2D eigenvalue weighted by molar-refractivity contribution is 9.10. The van der Waals surface area contributed by atoms with Gasteiger partial charge in [-0.15, -0.1) is 0 Å². The summed E-state index contributed by atoms with van der Waals surface area (Å²) in [5.41, 5.74) is 0.748. The van der Waals surface area contributed by atoms with Gasteiger partial charge in [-0.3, -0.25) is 4.79 Å². The van der Waals surface area contributed by atoms with E-state index in [0.29, 0.717) is 17.3 Å². The Morgan fingerprint density at radius 1 is 1.47 bits per heavy atom. The van der Waals surface area contributed by atoms with Crippen molar-refractivity contribution in [2.45, 2.75) is 13.3 Å². The quantitative estimate of drug-likeness (QED) is 0.910. The van der Waals surface area contributed by atoms with Crippen molar-refractivity contribution in [3.63, 3.8) is 0 Å². The highest BCUT2D eigenvalue weighted by Gasteiger charge is 2.06. The molecule has 1 heterocycles. The fraction of sp³-hybridized carbons (Fsp3) is 0.167. The van der Waals surface area contributed by atoms with Gasteiger partial charge in [-0.05, 0) is 12.1 Å². The van der Waals surface area contributed by atoms with E-state index >= 15 is 0 Å². The van der Waals surface area contributed by atoms with Crippen molar-refractivity contribution in [2.24, 2.45) is 0 Å². The van der Waals surface area contributed by atoms with Gasteiger partial charge in [0.25, 0.3) is 0 Å². The van der Waals surface area contributed by atoms with Crippen molar-refractivity contribution in [3.05, 3.63) is 33.8 Å². The minimum atomic E-state index is -0.0806. The monoisotopic (exact) mass is 312 g/mol. The molecule has 0 aliphatic rings. The number of amides is 1. The van der Waals surface area contributed by atoms with Gasteiger partial charge in [-0.2, -0.15) is 0 Å². The molecule has 1 aromatic heterocycles. The van der Waals surface area contributed by atoms with E-state index < -0.39 is 0 Å². The lowest BCUT2D eigenvalue weighted by atomic mass is 10.2. The number of aromatic nitrogens is 1. The minimum absolute atomic E-state index is 0.0806. The van der Waals surface area contributed by atoms with E-state index in [1.807, 2.05) is 18.2 Å². The molecule has 0 spiro atoms. The average molecular weight is 314 g/mol. The predicted octanol–water partition coefficient (Wildman–Crippen LogP) is 4.00. The highest BCUT2D eigenvalue weighted by Crippen LogP contribution is 2.27. The van der Waals surface area contributed by atoms with E-state index in [4.69, 9.17) is 11.6 Å². The third-order valence-corrected chi connectivity index (χ3v) is 3.12. The van der Waals surface area contributed by atoms with Gasteiger partial charge in [-0.1, -0.05) is 40.5 Å². The molecule has 1 aromatic carbocycles. The van der Waals surface area contributed by atoms with Gasteiger partial charge < -0.3 is 5.32 Å². The van der Waals surface area contributed by atoms with Gasteiger partial charge in [-0.25, -0.2) is 4.98 Å². The van der Waals surface area contributed by atoms with E-state index in [1.54, 1.807) is 13.0 Å². The number of anilines is 1. The molecule has 2 rings (SSSR count). The molecular formula is C12H10BrClN2O. The summed E-state index contributed by atoms with van der Waals surface area (Å²) in [6.07, 6.45) is 0.413. The minimum Gasteiger partial charge on any atom is -0.311 e. The second kappa shape index (κ2) is 5.02. The van der Waals surface area contributed by atoms with Crippen LogP contribution in [-0.4, -0.2) is 10.9 Å². The first-order valence-corrected chi connectivity index (χ1v) is 6.33. The molecule has 0 saturated heterocycles. The van der Waals surface area contributed by atoms with E-state index in [2.05, 4.69) is 26.2 Å². The molecule has 1 amide bonds. The summed E-state index contributed by atoms with van der Waals surface area (Å²) in [6.45, 7) is 1.79. The number of pyridine rings is 1. The standard InChI is InChI=1S/C12H10BrClN2O/c1-2-12(17)16-11-6-9(14)8-4-3-7(13)5-10(8)15-11/h3-6H,2H2,1H3,(H,15,16,17). The van der Waals surface area contributed by atoms with Crippen LogP contribution in [-0.2, 0) is 4.79 Å². The smallest absolute Gasteiger partial charge is 0.225 e. The van der Waals surface area contributed by atoms with Gasteiger partial charge >= 0.3 is 0 Å². The first-order valence-electron chi connectivity index (χ1n) is 5.16. The molecule has 88 valence electrons. The van der Waals surface area contributed by atoms with Crippen molar-refractivity contribution in [1.29, 1.82) is 0 Å². The number of rotatable bonds is 2. The highest BCUT2D eigenvalue weighted by atomic mass is 79.9. The lowest BCUT2D eigenvalue weighted by molar-refractivity contribution is -0.115. The maximum atomic E-state index is 11.3. The molecule has 0 saturated carbocycles. The Morgan fingerprint density at radius 2 is 2.24 bits per heavy atom. The van der Waals surface area contributed by atoms with Crippen molar-refractivity contribution >= 4 is 50.2 Å². The molecule has 2 aromatic rings. The molecule has 1 N–H and O–H groups in total. The summed E-state index contributed by atoms with van der Waals surface area (Å²) < 4.78 is 0.924. The molecule has 0 fully saturated rings. The predicted molar refractivity (Wildman–Crippen MR) is 73.4 cm³/mol. The normalized spacial score (nSPS) is 10.5. The number of carbonyl (C=O) groups is 1. The summed E-state index contributed by atoms with van der Waals surface area (Å²) in [5.74, 6) is 0.398. The van der Waals surface area contributed by atoms with Crippen molar-refractivity contribution in [2.75, 3.05) is 5.32 Å². The number of nitrogens with one attached hydrogen (secondary N) is 1. The SMILES string of the molecule is CCC(=O)Nc1cc(Cl)c2ccc(Br)cc2n1. The Balaban J connectivity index is 2.50. The van der Waals surface area contributed by atoms with Crippen LogP contribution in [0.3, 0.4) is 0 Å². The van der Waals surface area contributed by atoms with Gasteiger partial charge in [0.1, 0.15) is 5.82 Å². The maximum absolute atomic E-state index is 11.3. The summed E-state index contributed by atoms with van der Waals surface area (Å²) >= 11 is 9.51. The molecule has 0 aliphatic carbocycles. The molecule has 17 heavy (non-hydrogen) atoms. The average Bonchev–Trinajstić information content (AvgIpc) is 2.28. The maximum Gasteiger partial charge on any atom is 0.225 e. The number of carbonyl (C=O) groups excluding carboxylic acids is 1. The molecular weight excluding hydrogens is 304 g/mol. The zero-order chi connectivity index (χ0) is 12.4. The molecule has 5 heteroatoms. The van der Waals surface area contributed by atoms with Crippen molar-refractivity contribution in [3.8, 4) is 0 Å². The van der Waals surface area contributed by atoms with Crippen LogP contribution in [0.2, 0.25) is 5.02 Å². The summed E-state index contributed by atoms with van der Waals surface area (Å²) in [7, 11) is 0. The molecule has 0 radical (unpaired) electrons. The van der Waals surface area contributed by atoms with Gasteiger partial charge in [0, 0.05) is 22.3 Å². The van der Waals surface area contributed by atoms with Crippen LogP contribution in [0.4, 0.5) is 5.82 Å². The van der Waals surface area contributed by atoms with Crippen LogP contribution in [0.1, 0.15) is 13.3 Å². The molecule has 0 aliphatic heterocycles. The summed E-state index contributed by atoms with van der Waals surface area (Å²) in [4.78, 5) is 15.6. The number of nitrogens with zero attached hydrogens (tertiary/aromatic N) is 1. The Morgan fingerprint density at radius 3 is 2.94 bits per heavy atom. The lowest BCUT2D eigenvalue weighted by Crippen LogP contribution is -2.10. The topological polar surface area (TPSA) is 42.0 Å². The van der Waals surface area contributed by atoms with Crippen molar-refractivity contribution < 1.29 is 4.79 Å². The van der Waals surface area contributed by atoms with Crippen LogP contribution >= 0.6 is 27.5 Å². The van der Waals surface area contributed by atoms with Gasteiger partial charge in [0.2, 0.25) is 5.91 Å². The van der Waals surface area contributed by atoms with Crippen LogP contribution in [0, 0.1) is 0 Å². The third kappa shape index (κ3) is 2.76. The third-order valence-electron chi connectivity index (χ3n) is 2.31. The van der Waals surface area contributed by atoms with Gasteiger partial charge in [0.05, 0.1) is 10.5 Å². The van der Waals surface area contributed by atoms with Crippen molar-refractivity contribution in [1.82, 2.24) is 4.98 Å². The summed E-state index contributed by atoms with van der Waals surface area (Å²) in [6, 6.07) is 7.31. The molecule has 0 unspecified atom stereocenters. The van der Waals surface area contributed by atoms with E-state index in [-0.39, 0.29) is 5.91 Å². The first kappa shape index (κ1) is 12.3. The Bertz CT molecular complexity index is 586. The zero-order valence-electron chi connectivity index (χ0n) is 9.13. The second-order valence-corrected chi connectivity index (χ2v) is 4.88. The van der Waals surface area contributed by atoms with Crippen LogP contribution < -0.4 is 5.32 Å². The fourth-order valence-electron chi connectivity index (χ4n) is 1.45. The van der Waals surface area contributed by atoms with Crippen LogP contribution in [0.5, 0.6) is 0 Å². The lowest BCUT2D eigenvalue weighted by Gasteiger charge is -2.06. The van der Waals surface area contributed by atoms with Crippen LogP contribution in [0.25, 0.3) is 10.9 Å². The first-order chi connectivity index (χ1) is 8.10. The number of hydrogen-bond donors (Lipinski definition) is 1. The molecule has 0 atom stereocenters. The number of benzene rings is 1. The Kier molecular flexibility index (Phi) is 3.64. The van der Waals surface area contributed by atoms with Crippen LogP contribution in [0.15, 0.2) is 28.7 Å². The van der Waals surface area contributed by atoms with E-state index in [1.165, 1.54) is 0 Å². The number of fused-ring (bicyclic) bond motifs is 1. The molecule has 3 nitrogen and oxygen atoms in total. The zero-order valence-corrected chi connectivity index (χ0v) is 11.5. The molecule has 0 bridgehead atoms. The Labute approximate surface area is 112 Å². The number of hydrogen-bond acceptors (Lipinski definition) is 2. The fourth-order valence-corrected chi connectivity index (χ4v) is 2.07. The largest absolute Gasteiger partial charge is 0.311 e. The second-order valence-electron chi connectivity index (χ2n) is 3.55. The number of halogens is 2. The van der Waals surface area contributed by atoms with Gasteiger partial charge in [0.15, 0.2) is 0 Å². The Hall–Kier alpha value is -1.13. The summed E-state index contributed by atoms with van der Waals surface area (Å²) in [5, 5.41) is 4.14. The van der Waals surface area contributed by atoms with E-state index in [0.717, 1.165) is 15.4 Å². The van der Waals surface area contributed by atoms with E-state index in [9.17, 15) is 4.79 Å².